The van der Waals surface area contributed by atoms with Crippen LogP contribution in [0.25, 0.3) is 0 Å². The van der Waals surface area contributed by atoms with E-state index in [9.17, 15) is 8.42 Å². The minimum absolute atomic E-state index is 0.524. The number of nitrogens with zero attached hydrogens (tertiary/aromatic N) is 1. The molecule has 16 heavy (non-hydrogen) atoms. The maximum absolute atomic E-state index is 12.3. The molecule has 2 unspecified atom stereocenters. The molecular formula is C12H25NO2S. The molecule has 1 heterocycles. The highest BCUT2D eigenvalue weighted by Gasteiger charge is 2.44. The molecule has 0 saturated carbocycles. The van der Waals surface area contributed by atoms with Gasteiger partial charge in [-0.2, -0.15) is 0 Å². The first-order valence-electron chi connectivity index (χ1n) is 6.29. The van der Waals surface area contributed by atoms with Gasteiger partial charge in [-0.1, -0.05) is 20.3 Å². The zero-order valence-electron chi connectivity index (χ0n) is 11.0. The van der Waals surface area contributed by atoms with Crippen molar-refractivity contribution in [1.82, 2.24) is 4.31 Å². The van der Waals surface area contributed by atoms with Crippen molar-refractivity contribution in [2.24, 2.45) is 5.92 Å². The average molecular weight is 247 g/mol. The summed E-state index contributed by atoms with van der Waals surface area (Å²) < 4.78 is 25.5. The third-order valence-electron chi connectivity index (χ3n) is 4.07. The van der Waals surface area contributed by atoms with Crippen molar-refractivity contribution in [3.63, 3.8) is 0 Å². The highest BCUT2D eigenvalue weighted by Crippen LogP contribution is 2.35. The monoisotopic (exact) mass is 247 g/mol. The van der Waals surface area contributed by atoms with Gasteiger partial charge < -0.3 is 0 Å². The lowest BCUT2D eigenvalue weighted by atomic mass is 9.92. The smallest absolute Gasteiger partial charge is 0.212 e. The van der Waals surface area contributed by atoms with Gasteiger partial charge in [-0.3, -0.25) is 0 Å². The largest absolute Gasteiger partial charge is 0.219 e. The molecular weight excluding hydrogens is 222 g/mol. The molecule has 3 nitrogen and oxygen atoms in total. The predicted octanol–water partition coefficient (Wildman–Crippen LogP) is 2.63. The van der Waals surface area contributed by atoms with Crippen molar-refractivity contribution >= 4 is 10.0 Å². The molecule has 0 aromatic rings. The van der Waals surface area contributed by atoms with Gasteiger partial charge in [0.15, 0.2) is 0 Å². The number of sulfonamides is 1. The fourth-order valence-electron chi connectivity index (χ4n) is 2.31. The summed E-state index contributed by atoms with van der Waals surface area (Å²) in [4.78, 5) is 0. The minimum atomic E-state index is -3.07. The molecule has 0 aliphatic carbocycles. The molecule has 1 aliphatic rings. The summed E-state index contributed by atoms with van der Waals surface area (Å²) in [5, 5.41) is 0. The SMILES string of the molecule is CCC(C)CCC1(C)CCCN(C)S1(=O)=O. The van der Waals surface area contributed by atoms with E-state index in [1.807, 2.05) is 6.92 Å². The Hall–Kier alpha value is -0.0900. The van der Waals surface area contributed by atoms with E-state index >= 15 is 0 Å². The molecule has 0 bridgehead atoms. The third-order valence-corrected chi connectivity index (χ3v) is 6.73. The second-order valence-corrected chi connectivity index (χ2v) is 7.99. The van der Waals surface area contributed by atoms with E-state index in [-0.39, 0.29) is 0 Å². The van der Waals surface area contributed by atoms with E-state index in [4.69, 9.17) is 0 Å². The number of rotatable bonds is 4. The maximum Gasteiger partial charge on any atom is 0.219 e. The fraction of sp³-hybridized carbons (Fsp3) is 1.00. The third kappa shape index (κ3) is 2.59. The summed E-state index contributed by atoms with van der Waals surface area (Å²) in [7, 11) is -1.37. The minimum Gasteiger partial charge on any atom is -0.212 e. The summed E-state index contributed by atoms with van der Waals surface area (Å²) >= 11 is 0. The predicted molar refractivity (Wildman–Crippen MR) is 67.9 cm³/mol. The first-order chi connectivity index (χ1) is 7.33. The topological polar surface area (TPSA) is 37.4 Å². The molecule has 4 heteroatoms. The molecule has 0 radical (unpaired) electrons. The van der Waals surface area contributed by atoms with Crippen LogP contribution in [0, 0.1) is 5.92 Å². The Morgan fingerprint density at radius 3 is 2.62 bits per heavy atom. The molecule has 2 atom stereocenters. The zero-order valence-corrected chi connectivity index (χ0v) is 11.8. The van der Waals surface area contributed by atoms with Gasteiger partial charge >= 0.3 is 0 Å². The van der Waals surface area contributed by atoms with Crippen molar-refractivity contribution in [2.75, 3.05) is 13.6 Å². The van der Waals surface area contributed by atoms with Crippen molar-refractivity contribution in [2.45, 2.75) is 57.6 Å². The Kier molecular flexibility index (Phi) is 4.41. The highest BCUT2D eigenvalue weighted by molar-refractivity contribution is 7.90. The molecule has 1 aliphatic heterocycles. The summed E-state index contributed by atoms with van der Waals surface area (Å²) in [5.41, 5.74) is 0. The van der Waals surface area contributed by atoms with E-state index in [2.05, 4.69) is 13.8 Å². The summed E-state index contributed by atoms with van der Waals surface area (Å²) in [6.07, 6.45) is 4.75. The molecule has 96 valence electrons. The highest BCUT2D eigenvalue weighted by atomic mass is 32.2. The number of hydrogen-bond acceptors (Lipinski definition) is 2. The molecule has 0 N–H and O–H groups in total. The van der Waals surface area contributed by atoms with Gasteiger partial charge in [0, 0.05) is 13.6 Å². The quantitative estimate of drug-likeness (QED) is 0.766. The van der Waals surface area contributed by atoms with Crippen LogP contribution in [0.15, 0.2) is 0 Å². The van der Waals surface area contributed by atoms with Crippen molar-refractivity contribution in [3.05, 3.63) is 0 Å². The Bertz CT molecular complexity index is 326. The first-order valence-corrected chi connectivity index (χ1v) is 7.73. The molecule has 1 saturated heterocycles. The second kappa shape index (κ2) is 5.05. The van der Waals surface area contributed by atoms with Gasteiger partial charge in [0.1, 0.15) is 0 Å². The lowest BCUT2D eigenvalue weighted by Gasteiger charge is -2.38. The van der Waals surface area contributed by atoms with Crippen molar-refractivity contribution in [1.29, 1.82) is 0 Å². The fourth-order valence-corrected chi connectivity index (χ4v) is 4.21. The molecule has 0 amide bonds. The van der Waals surface area contributed by atoms with E-state index in [1.54, 1.807) is 7.05 Å². The van der Waals surface area contributed by atoms with Gasteiger partial charge in [-0.25, -0.2) is 12.7 Å². The van der Waals surface area contributed by atoms with Crippen molar-refractivity contribution < 1.29 is 8.42 Å². The van der Waals surface area contributed by atoms with Gasteiger partial charge in [-0.15, -0.1) is 0 Å². The van der Waals surface area contributed by atoms with Gasteiger partial charge in [0.2, 0.25) is 10.0 Å². The van der Waals surface area contributed by atoms with E-state index in [0.29, 0.717) is 12.5 Å². The summed E-state index contributed by atoms with van der Waals surface area (Å²) in [6, 6.07) is 0. The Morgan fingerprint density at radius 1 is 1.44 bits per heavy atom. The van der Waals surface area contributed by atoms with Crippen LogP contribution in [0.3, 0.4) is 0 Å². The maximum atomic E-state index is 12.3. The zero-order chi connectivity index (χ0) is 12.4. The van der Waals surface area contributed by atoms with E-state index < -0.39 is 14.8 Å². The van der Waals surface area contributed by atoms with Crippen LogP contribution in [0.2, 0.25) is 0 Å². The summed E-state index contributed by atoms with van der Waals surface area (Å²) in [6.45, 7) is 6.96. The van der Waals surface area contributed by atoms with Crippen molar-refractivity contribution in [3.8, 4) is 0 Å². The molecule has 1 fully saturated rings. The van der Waals surface area contributed by atoms with Gasteiger partial charge in [0.05, 0.1) is 4.75 Å². The van der Waals surface area contributed by atoms with Crippen LogP contribution < -0.4 is 0 Å². The Labute approximate surface area is 100 Å². The molecule has 0 spiro atoms. The van der Waals surface area contributed by atoms with E-state index in [1.165, 1.54) is 4.31 Å². The van der Waals surface area contributed by atoms with E-state index in [0.717, 1.165) is 32.1 Å². The molecule has 0 aromatic carbocycles. The standard InChI is InChI=1S/C12H25NO2S/c1-5-11(2)7-9-12(3)8-6-10-13(4)16(12,14)15/h11H,5-10H2,1-4H3. The van der Waals surface area contributed by atoms with Gasteiger partial charge in [0.25, 0.3) is 0 Å². The molecule has 0 aromatic heterocycles. The van der Waals surface area contributed by atoms with Crippen LogP contribution in [-0.2, 0) is 10.0 Å². The van der Waals surface area contributed by atoms with Crippen LogP contribution in [0.5, 0.6) is 0 Å². The lowest BCUT2D eigenvalue weighted by Crippen LogP contribution is -2.49. The van der Waals surface area contributed by atoms with Crippen LogP contribution in [-0.4, -0.2) is 31.1 Å². The van der Waals surface area contributed by atoms with Crippen LogP contribution >= 0.6 is 0 Å². The summed E-state index contributed by atoms with van der Waals surface area (Å²) in [5.74, 6) is 0.624. The Balaban J connectivity index is 2.74. The van der Waals surface area contributed by atoms with Crippen LogP contribution in [0.1, 0.15) is 52.9 Å². The molecule has 1 rings (SSSR count). The average Bonchev–Trinajstić information content (AvgIpc) is 2.23. The Morgan fingerprint density at radius 2 is 2.06 bits per heavy atom. The first kappa shape index (κ1) is 14.0. The van der Waals surface area contributed by atoms with Gasteiger partial charge in [-0.05, 0) is 38.5 Å². The lowest BCUT2D eigenvalue weighted by molar-refractivity contribution is 0.333. The van der Waals surface area contributed by atoms with Crippen LogP contribution in [0.4, 0.5) is 0 Å². The normalized spacial score (nSPS) is 32.5. The second-order valence-electron chi connectivity index (χ2n) is 5.43. The number of hydrogen-bond donors (Lipinski definition) is 0.